The van der Waals surface area contributed by atoms with Crippen molar-refractivity contribution in [2.75, 3.05) is 18.9 Å². The van der Waals surface area contributed by atoms with Crippen LogP contribution in [0.3, 0.4) is 0 Å². The Bertz CT molecular complexity index is 644. The average molecular weight is 325 g/mol. The van der Waals surface area contributed by atoms with Gasteiger partial charge in [0.05, 0.1) is 17.7 Å². The van der Waals surface area contributed by atoms with Crippen LogP contribution in [0.1, 0.15) is 27.9 Å². The van der Waals surface area contributed by atoms with Crippen LogP contribution in [-0.2, 0) is 6.54 Å². The van der Waals surface area contributed by atoms with Gasteiger partial charge in [0.2, 0.25) is 0 Å². The highest BCUT2D eigenvalue weighted by molar-refractivity contribution is 7.09. The molecule has 2 aromatic heterocycles. The Balaban J connectivity index is 2.17. The molecule has 0 spiro atoms. The van der Waals surface area contributed by atoms with Crippen LogP contribution >= 0.6 is 22.9 Å². The molecule has 0 fully saturated rings. The molecule has 0 aromatic carbocycles. The molecule has 0 saturated heterocycles. The van der Waals surface area contributed by atoms with Gasteiger partial charge in [0, 0.05) is 24.0 Å². The minimum absolute atomic E-state index is 0.0914. The molecule has 1 amide bonds. The molecule has 112 valence electrons. The van der Waals surface area contributed by atoms with Crippen LogP contribution in [-0.4, -0.2) is 34.4 Å². The number of anilines is 1. The first kappa shape index (κ1) is 15.7. The third kappa shape index (κ3) is 3.92. The lowest BCUT2D eigenvalue weighted by atomic mass is 10.2. The minimum Gasteiger partial charge on any atom is -0.370 e. The van der Waals surface area contributed by atoms with Crippen molar-refractivity contribution in [1.82, 2.24) is 14.9 Å². The van der Waals surface area contributed by atoms with Gasteiger partial charge in [-0.3, -0.25) is 4.79 Å². The Morgan fingerprint density at radius 1 is 1.48 bits per heavy atom. The van der Waals surface area contributed by atoms with Gasteiger partial charge in [-0.1, -0.05) is 11.6 Å². The molecule has 5 nitrogen and oxygen atoms in total. The number of nitrogens with one attached hydrogen (secondary N) is 1. The summed E-state index contributed by atoms with van der Waals surface area (Å²) in [5, 5.41) is 3.37. The highest BCUT2D eigenvalue weighted by Crippen LogP contribution is 2.19. The lowest BCUT2D eigenvalue weighted by molar-refractivity contribution is 0.0786. The molecule has 2 heterocycles. The smallest absolute Gasteiger partial charge is 0.254 e. The van der Waals surface area contributed by atoms with Crippen molar-refractivity contribution < 1.29 is 4.79 Å². The maximum absolute atomic E-state index is 12.5. The number of rotatable bonds is 5. The first-order valence-corrected chi connectivity index (χ1v) is 7.83. The van der Waals surface area contributed by atoms with Crippen molar-refractivity contribution in [3.05, 3.63) is 38.9 Å². The van der Waals surface area contributed by atoms with Gasteiger partial charge in [-0.15, -0.1) is 11.3 Å². The average Bonchev–Trinajstić information content (AvgIpc) is 2.83. The van der Waals surface area contributed by atoms with Gasteiger partial charge in [0.1, 0.15) is 11.0 Å². The van der Waals surface area contributed by atoms with E-state index in [9.17, 15) is 4.79 Å². The SMILES string of the molecule is CCNc1cc(C(=O)N(C)Cc2scnc2C)cc(Cl)n1. The quantitative estimate of drug-likeness (QED) is 0.858. The van der Waals surface area contributed by atoms with E-state index in [-0.39, 0.29) is 5.91 Å². The molecule has 1 N–H and O–H groups in total. The van der Waals surface area contributed by atoms with Crippen molar-refractivity contribution in [2.24, 2.45) is 0 Å². The molecule has 0 atom stereocenters. The van der Waals surface area contributed by atoms with E-state index in [0.29, 0.717) is 23.1 Å². The van der Waals surface area contributed by atoms with Crippen LogP contribution in [0.4, 0.5) is 5.82 Å². The summed E-state index contributed by atoms with van der Waals surface area (Å²) in [7, 11) is 1.77. The number of nitrogens with zero attached hydrogens (tertiary/aromatic N) is 3. The first-order chi connectivity index (χ1) is 10.0. The largest absolute Gasteiger partial charge is 0.370 e. The van der Waals surface area contributed by atoms with Gasteiger partial charge in [0.25, 0.3) is 5.91 Å². The predicted molar refractivity (Wildman–Crippen MR) is 86.1 cm³/mol. The number of hydrogen-bond acceptors (Lipinski definition) is 5. The van der Waals surface area contributed by atoms with E-state index in [1.807, 2.05) is 13.8 Å². The fraction of sp³-hybridized carbons (Fsp3) is 0.357. The standard InChI is InChI=1S/C14H17ClN4OS/c1-4-16-13-6-10(5-12(15)18-13)14(20)19(3)7-11-9(2)17-8-21-11/h5-6,8H,4,7H2,1-3H3,(H,16,18). The molecule has 2 aromatic rings. The molecule has 0 radical (unpaired) electrons. The molecule has 0 bridgehead atoms. The molecule has 0 aliphatic heterocycles. The Labute approximate surface area is 133 Å². The number of carbonyl (C=O) groups is 1. The number of carbonyl (C=O) groups excluding carboxylic acids is 1. The summed E-state index contributed by atoms with van der Waals surface area (Å²) in [5.41, 5.74) is 3.27. The number of aryl methyl sites for hydroxylation is 1. The van der Waals surface area contributed by atoms with E-state index < -0.39 is 0 Å². The van der Waals surface area contributed by atoms with Crippen LogP contribution in [0.5, 0.6) is 0 Å². The normalized spacial score (nSPS) is 10.5. The van der Waals surface area contributed by atoms with Gasteiger partial charge in [0.15, 0.2) is 0 Å². The Morgan fingerprint density at radius 2 is 2.24 bits per heavy atom. The number of hydrogen-bond donors (Lipinski definition) is 1. The number of halogens is 1. The van der Waals surface area contributed by atoms with Gasteiger partial charge < -0.3 is 10.2 Å². The van der Waals surface area contributed by atoms with E-state index in [1.54, 1.807) is 40.9 Å². The summed E-state index contributed by atoms with van der Waals surface area (Å²) in [5.74, 6) is 0.516. The van der Waals surface area contributed by atoms with Crippen molar-refractivity contribution in [3.8, 4) is 0 Å². The van der Waals surface area contributed by atoms with Crippen LogP contribution in [0.15, 0.2) is 17.6 Å². The second-order valence-corrected chi connectivity index (χ2v) is 5.94. The van der Waals surface area contributed by atoms with Gasteiger partial charge in [-0.25, -0.2) is 9.97 Å². The van der Waals surface area contributed by atoms with E-state index >= 15 is 0 Å². The Kier molecular flexibility index (Phi) is 5.14. The summed E-state index contributed by atoms with van der Waals surface area (Å²) in [6.45, 7) is 5.15. The predicted octanol–water partition coefficient (Wildman–Crippen LogP) is 3.20. The number of pyridine rings is 1. The molecule has 21 heavy (non-hydrogen) atoms. The van der Waals surface area contributed by atoms with E-state index in [0.717, 1.165) is 17.1 Å². The van der Waals surface area contributed by atoms with Gasteiger partial charge in [-0.2, -0.15) is 0 Å². The fourth-order valence-electron chi connectivity index (χ4n) is 1.88. The second-order valence-electron chi connectivity index (χ2n) is 4.62. The zero-order chi connectivity index (χ0) is 15.4. The monoisotopic (exact) mass is 324 g/mol. The van der Waals surface area contributed by atoms with Crippen molar-refractivity contribution >= 4 is 34.7 Å². The topological polar surface area (TPSA) is 58.1 Å². The zero-order valence-corrected chi connectivity index (χ0v) is 13.8. The zero-order valence-electron chi connectivity index (χ0n) is 12.2. The summed E-state index contributed by atoms with van der Waals surface area (Å²) in [4.78, 5) is 23.5. The number of amides is 1. The van der Waals surface area contributed by atoms with Crippen molar-refractivity contribution in [2.45, 2.75) is 20.4 Å². The Hall–Kier alpha value is -1.66. The molecule has 0 aliphatic rings. The summed E-state index contributed by atoms with van der Waals surface area (Å²) < 4.78 is 0. The molecular formula is C14H17ClN4OS. The number of thiazole rings is 1. The Morgan fingerprint density at radius 3 is 2.86 bits per heavy atom. The van der Waals surface area contributed by atoms with E-state index in [4.69, 9.17) is 11.6 Å². The molecule has 0 unspecified atom stereocenters. The lowest BCUT2D eigenvalue weighted by Crippen LogP contribution is -2.26. The fourth-order valence-corrected chi connectivity index (χ4v) is 2.92. The highest BCUT2D eigenvalue weighted by atomic mass is 35.5. The second kappa shape index (κ2) is 6.87. The summed E-state index contributed by atoms with van der Waals surface area (Å²) in [6, 6.07) is 3.30. The molecule has 0 aliphatic carbocycles. The maximum Gasteiger partial charge on any atom is 0.254 e. The molecule has 7 heteroatoms. The van der Waals surface area contributed by atoms with E-state index in [1.165, 1.54) is 0 Å². The summed E-state index contributed by atoms with van der Waals surface area (Å²) >= 11 is 7.52. The summed E-state index contributed by atoms with van der Waals surface area (Å²) in [6.07, 6.45) is 0. The first-order valence-electron chi connectivity index (χ1n) is 6.57. The highest BCUT2D eigenvalue weighted by Gasteiger charge is 2.16. The molecule has 2 rings (SSSR count). The van der Waals surface area contributed by atoms with E-state index in [2.05, 4.69) is 15.3 Å². The van der Waals surface area contributed by atoms with Crippen LogP contribution in [0, 0.1) is 6.92 Å². The third-order valence-electron chi connectivity index (χ3n) is 2.97. The van der Waals surface area contributed by atoms with Crippen LogP contribution in [0.25, 0.3) is 0 Å². The van der Waals surface area contributed by atoms with Crippen LogP contribution in [0.2, 0.25) is 5.15 Å². The van der Waals surface area contributed by atoms with Gasteiger partial charge >= 0.3 is 0 Å². The van der Waals surface area contributed by atoms with Gasteiger partial charge in [-0.05, 0) is 26.0 Å². The van der Waals surface area contributed by atoms with Crippen molar-refractivity contribution in [1.29, 1.82) is 0 Å². The lowest BCUT2D eigenvalue weighted by Gasteiger charge is -2.17. The number of aromatic nitrogens is 2. The van der Waals surface area contributed by atoms with Crippen molar-refractivity contribution in [3.63, 3.8) is 0 Å². The van der Waals surface area contributed by atoms with Crippen LogP contribution < -0.4 is 5.32 Å². The maximum atomic E-state index is 12.5. The molecular weight excluding hydrogens is 308 g/mol. The third-order valence-corrected chi connectivity index (χ3v) is 4.08. The molecule has 0 saturated carbocycles. The minimum atomic E-state index is -0.0914.